The average Bonchev–Trinajstić information content (AvgIpc) is 3.23. The van der Waals surface area contributed by atoms with Crippen molar-refractivity contribution in [3.8, 4) is 22.6 Å². The maximum atomic E-state index is 6.66. The molecule has 0 unspecified atom stereocenters. The number of benzene rings is 2. The van der Waals surface area contributed by atoms with Crippen LogP contribution in [0.15, 0.2) is 60.9 Å². The van der Waals surface area contributed by atoms with Crippen LogP contribution in [0, 0.1) is 0 Å². The number of hydrogen-bond donors (Lipinski definition) is 0. The molecule has 148 valence electrons. The smallest absolute Gasteiger partial charge is 0.161 e. The number of hydrogen-bond acceptors (Lipinski definition) is 4. The Morgan fingerprint density at radius 1 is 1.00 bits per heavy atom. The van der Waals surface area contributed by atoms with Crippen LogP contribution in [0.25, 0.3) is 11.1 Å². The fourth-order valence-corrected chi connectivity index (χ4v) is 4.51. The van der Waals surface area contributed by atoms with Crippen molar-refractivity contribution in [3.63, 3.8) is 0 Å². The lowest BCUT2D eigenvalue weighted by atomic mass is 10.0. The van der Waals surface area contributed by atoms with Gasteiger partial charge >= 0.3 is 0 Å². The van der Waals surface area contributed by atoms with Crippen molar-refractivity contribution >= 4 is 11.6 Å². The molecule has 2 aliphatic heterocycles. The number of rotatable bonds is 4. The molecule has 1 fully saturated rings. The van der Waals surface area contributed by atoms with Gasteiger partial charge in [0.15, 0.2) is 11.5 Å². The van der Waals surface area contributed by atoms with Crippen molar-refractivity contribution < 1.29 is 9.47 Å². The zero-order valence-corrected chi connectivity index (χ0v) is 16.9. The van der Waals surface area contributed by atoms with E-state index in [1.807, 2.05) is 24.4 Å². The van der Waals surface area contributed by atoms with E-state index in [-0.39, 0.29) is 0 Å². The van der Waals surface area contributed by atoms with Gasteiger partial charge in [0, 0.05) is 35.6 Å². The van der Waals surface area contributed by atoms with Gasteiger partial charge in [-0.25, -0.2) is 0 Å². The second-order valence-corrected chi connectivity index (χ2v) is 7.99. The highest BCUT2D eigenvalue weighted by molar-refractivity contribution is 6.31. The molecule has 4 nitrogen and oxygen atoms in total. The minimum atomic E-state index is 0.375. The zero-order chi connectivity index (χ0) is 19.6. The predicted octanol–water partition coefficient (Wildman–Crippen LogP) is 5.51. The summed E-state index contributed by atoms with van der Waals surface area (Å²) in [6.45, 7) is 3.14. The standard InChI is InChI=1S/C24H23ClN2O2/c25-21-13-17(19-3-1-9-26-15-19)5-6-20(21)16-27-10-2-4-22(27)18-7-8-23-24(14-18)29-12-11-28-23/h1,3,5-9,13-15,22H,2,4,10-12,16H2/t22-/m1/s1. The molecular weight excluding hydrogens is 384 g/mol. The third-order valence-electron chi connectivity index (χ3n) is 5.74. The van der Waals surface area contributed by atoms with E-state index >= 15 is 0 Å². The number of fused-ring (bicyclic) bond motifs is 1. The Kier molecular flexibility index (Phi) is 5.13. The summed E-state index contributed by atoms with van der Waals surface area (Å²) in [6.07, 6.45) is 5.98. The summed E-state index contributed by atoms with van der Waals surface area (Å²) in [4.78, 5) is 6.71. The van der Waals surface area contributed by atoms with E-state index in [0.29, 0.717) is 19.3 Å². The number of halogens is 1. The highest BCUT2D eigenvalue weighted by Gasteiger charge is 2.27. The molecule has 0 amide bonds. The normalized spacial score (nSPS) is 18.7. The van der Waals surface area contributed by atoms with Gasteiger partial charge in [0.2, 0.25) is 0 Å². The van der Waals surface area contributed by atoms with Crippen molar-refractivity contribution in [1.29, 1.82) is 0 Å². The first kappa shape index (κ1) is 18.5. The Morgan fingerprint density at radius 3 is 2.72 bits per heavy atom. The number of pyridine rings is 1. The maximum Gasteiger partial charge on any atom is 0.161 e. The highest BCUT2D eigenvalue weighted by Crippen LogP contribution is 2.39. The zero-order valence-electron chi connectivity index (χ0n) is 16.2. The Labute approximate surface area is 176 Å². The molecular formula is C24H23ClN2O2. The largest absolute Gasteiger partial charge is 0.486 e. The molecule has 5 rings (SSSR count). The molecule has 3 heterocycles. The molecule has 1 aromatic heterocycles. The van der Waals surface area contributed by atoms with E-state index < -0.39 is 0 Å². The first-order chi connectivity index (χ1) is 14.3. The minimum absolute atomic E-state index is 0.375. The summed E-state index contributed by atoms with van der Waals surface area (Å²) in [5.74, 6) is 1.71. The van der Waals surface area contributed by atoms with E-state index in [1.165, 1.54) is 12.0 Å². The van der Waals surface area contributed by atoms with Crippen molar-refractivity contribution in [1.82, 2.24) is 9.88 Å². The molecule has 3 aromatic rings. The lowest BCUT2D eigenvalue weighted by molar-refractivity contribution is 0.170. The van der Waals surface area contributed by atoms with E-state index in [2.05, 4.69) is 40.2 Å². The maximum absolute atomic E-state index is 6.66. The SMILES string of the molecule is Clc1cc(-c2cccnc2)ccc1CN1CCC[C@@H]1c1ccc2c(c1)OCCO2. The first-order valence-electron chi connectivity index (χ1n) is 10.1. The van der Waals surface area contributed by atoms with Crippen LogP contribution in [0.5, 0.6) is 11.5 Å². The van der Waals surface area contributed by atoms with Gasteiger partial charge in [0.05, 0.1) is 0 Å². The molecule has 0 bridgehead atoms. The van der Waals surface area contributed by atoms with Gasteiger partial charge in [-0.1, -0.05) is 35.9 Å². The summed E-state index contributed by atoms with van der Waals surface area (Å²) in [6, 6.07) is 17.0. The Morgan fingerprint density at radius 2 is 1.90 bits per heavy atom. The van der Waals surface area contributed by atoms with Crippen LogP contribution in [0.2, 0.25) is 5.02 Å². The minimum Gasteiger partial charge on any atom is -0.486 e. The molecule has 0 radical (unpaired) electrons. The summed E-state index contributed by atoms with van der Waals surface area (Å²) in [5.41, 5.74) is 4.62. The van der Waals surface area contributed by atoms with Crippen LogP contribution in [0.1, 0.15) is 30.0 Å². The van der Waals surface area contributed by atoms with Gasteiger partial charge in [-0.2, -0.15) is 0 Å². The number of nitrogens with zero attached hydrogens (tertiary/aromatic N) is 2. The van der Waals surface area contributed by atoms with Crippen molar-refractivity contribution in [2.24, 2.45) is 0 Å². The Hall–Kier alpha value is -2.56. The van der Waals surface area contributed by atoms with Crippen molar-refractivity contribution in [2.75, 3.05) is 19.8 Å². The van der Waals surface area contributed by atoms with E-state index in [1.54, 1.807) is 6.20 Å². The third kappa shape index (κ3) is 3.83. The number of aromatic nitrogens is 1. The first-order valence-corrected chi connectivity index (χ1v) is 10.5. The molecule has 1 saturated heterocycles. The Bertz CT molecular complexity index is 1010. The number of ether oxygens (including phenoxy) is 2. The molecule has 5 heteroatoms. The quantitative estimate of drug-likeness (QED) is 0.572. The molecule has 0 saturated carbocycles. The fraction of sp³-hybridized carbons (Fsp3) is 0.292. The molecule has 2 aliphatic rings. The summed E-state index contributed by atoms with van der Waals surface area (Å²) in [5, 5.41) is 0.805. The van der Waals surface area contributed by atoms with Crippen molar-refractivity contribution in [2.45, 2.75) is 25.4 Å². The average molecular weight is 407 g/mol. The van der Waals surface area contributed by atoms with Crippen LogP contribution in [-0.2, 0) is 6.54 Å². The second-order valence-electron chi connectivity index (χ2n) is 7.58. The van der Waals surface area contributed by atoms with Crippen LogP contribution < -0.4 is 9.47 Å². The lowest BCUT2D eigenvalue weighted by Crippen LogP contribution is -2.23. The van der Waals surface area contributed by atoms with Gasteiger partial charge < -0.3 is 9.47 Å². The highest BCUT2D eigenvalue weighted by atomic mass is 35.5. The van der Waals surface area contributed by atoms with Crippen LogP contribution >= 0.6 is 11.6 Å². The monoisotopic (exact) mass is 406 g/mol. The second kappa shape index (κ2) is 8.05. The van der Waals surface area contributed by atoms with Gasteiger partial charge in [-0.05, 0) is 60.3 Å². The summed E-state index contributed by atoms with van der Waals surface area (Å²) in [7, 11) is 0. The van der Waals surface area contributed by atoms with Gasteiger partial charge in [-0.15, -0.1) is 0 Å². The third-order valence-corrected chi connectivity index (χ3v) is 6.09. The molecule has 0 aliphatic carbocycles. The van der Waals surface area contributed by atoms with Crippen LogP contribution in [0.3, 0.4) is 0 Å². The summed E-state index contributed by atoms with van der Waals surface area (Å²) >= 11 is 6.66. The molecule has 0 spiro atoms. The van der Waals surface area contributed by atoms with Gasteiger partial charge in [0.25, 0.3) is 0 Å². The molecule has 0 N–H and O–H groups in total. The molecule has 1 atom stereocenters. The van der Waals surface area contributed by atoms with Crippen LogP contribution in [-0.4, -0.2) is 29.6 Å². The van der Waals surface area contributed by atoms with Gasteiger partial charge in [0.1, 0.15) is 13.2 Å². The van der Waals surface area contributed by atoms with E-state index in [4.69, 9.17) is 21.1 Å². The number of likely N-dealkylation sites (tertiary alicyclic amines) is 1. The summed E-state index contributed by atoms with van der Waals surface area (Å²) < 4.78 is 11.4. The Balaban J connectivity index is 1.36. The van der Waals surface area contributed by atoms with E-state index in [9.17, 15) is 0 Å². The van der Waals surface area contributed by atoms with Gasteiger partial charge in [-0.3, -0.25) is 9.88 Å². The molecule has 29 heavy (non-hydrogen) atoms. The predicted molar refractivity (Wildman–Crippen MR) is 115 cm³/mol. The van der Waals surface area contributed by atoms with Crippen LogP contribution in [0.4, 0.5) is 0 Å². The molecule has 2 aromatic carbocycles. The topological polar surface area (TPSA) is 34.6 Å². The van der Waals surface area contributed by atoms with Crippen molar-refractivity contribution in [3.05, 3.63) is 77.1 Å². The van der Waals surface area contributed by atoms with E-state index in [0.717, 1.165) is 52.7 Å². The lowest BCUT2D eigenvalue weighted by Gasteiger charge is -2.27. The fourth-order valence-electron chi connectivity index (χ4n) is 4.27.